The highest BCUT2D eigenvalue weighted by Crippen LogP contribution is 2.36. The van der Waals surface area contributed by atoms with Crippen LogP contribution in [0.1, 0.15) is 23.4 Å². The molecule has 108 valence electrons. The van der Waals surface area contributed by atoms with E-state index in [-0.39, 0.29) is 0 Å². The monoisotopic (exact) mass is 417 g/mol. The number of hydrogen-bond acceptors (Lipinski definition) is 3. The van der Waals surface area contributed by atoms with E-state index in [1.165, 1.54) is 10.4 Å². The Balaban J connectivity index is 2.15. The first-order valence-corrected chi connectivity index (χ1v) is 8.85. The molecule has 2 aromatic rings. The summed E-state index contributed by atoms with van der Waals surface area (Å²) in [6.45, 7) is 3.09. The van der Waals surface area contributed by atoms with Crippen LogP contribution in [-0.4, -0.2) is 13.7 Å². The summed E-state index contributed by atoms with van der Waals surface area (Å²) >= 11 is 8.90. The minimum Gasteiger partial charge on any atom is -0.497 e. The largest absolute Gasteiger partial charge is 0.497 e. The Kier molecular flexibility index (Phi) is 6.08. The second-order valence-electron chi connectivity index (χ2n) is 4.43. The Hall–Kier alpha value is -0.360. The molecule has 0 fully saturated rings. The quantitative estimate of drug-likeness (QED) is 0.698. The highest BCUT2D eigenvalue weighted by Gasteiger charge is 2.15. The van der Waals surface area contributed by atoms with Crippen molar-refractivity contribution in [1.82, 2.24) is 5.32 Å². The second kappa shape index (κ2) is 7.59. The zero-order chi connectivity index (χ0) is 14.5. The van der Waals surface area contributed by atoms with E-state index < -0.39 is 0 Å². The number of thiophene rings is 1. The van der Waals surface area contributed by atoms with Gasteiger partial charge in [0.05, 0.1) is 10.9 Å². The maximum atomic E-state index is 5.20. The van der Waals surface area contributed by atoms with E-state index in [0.29, 0.717) is 6.04 Å². The van der Waals surface area contributed by atoms with Crippen LogP contribution in [0.15, 0.2) is 38.6 Å². The standard InChI is InChI=1S/C15H17Br2NOS/c1-3-18-13(14-9-12(16)15(17)20-14)8-10-4-6-11(19-2)7-5-10/h4-7,9,13,18H,3,8H2,1-2H3. The molecule has 0 aliphatic carbocycles. The second-order valence-corrected chi connectivity index (χ2v) is 7.69. The predicted octanol–water partition coefficient (Wildman–Crippen LogP) is 5.18. The van der Waals surface area contributed by atoms with Crippen LogP contribution in [0.3, 0.4) is 0 Å². The molecule has 0 spiro atoms. The molecule has 1 aromatic heterocycles. The molecule has 1 atom stereocenters. The molecular weight excluding hydrogens is 402 g/mol. The minimum atomic E-state index is 0.334. The fraction of sp³-hybridized carbons (Fsp3) is 0.333. The van der Waals surface area contributed by atoms with Crippen molar-refractivity contribution >= 4 is 43.2 Å². The van der Waals surface area contributed by atoms with E-state index >= 15 is 0 Å². The molecule has 2 rings (SSSR count). The summed E-state index contributed by atoms with van der Waals surface area (Å²) in [7, 11) is 1.69. The molecule has 0 bridgehead atoms. The topological polar surface area (TPSA) is 21.3 Å². The highest BCUT2D eigenvalue weighted by molar-refractivity contribution is 9.13. The Morgan fingerprint density at radius 2 is 1.95 bits per heavy atom. The third-order valence-electron chi connectivity index (χ3n) is 3.06. The molecule has 0 aliphatic rings. The summed E-state index contributed by atoms with van der Waals surface area (Å²) in [4.78, 5) is 1.33. The Bertz CT molecular complexity index is 534. The molecule has 1 unspecified atom stereocenters. The summed E-state index contributed by atoms with van der Waals surface area (Å²) in [5.41, 5.74) is 1.30. The predicted molar refractivity (Wildman–Crippen MR) is 92.8 cm³/mol. The van der Waals surface area contributed by atoms with Gasteiger partial charge in [0.2, 0.25) is 0 Å². The van der Waals surface area contributed by atoms with E-state index in [1.807, 2.05) is 12.1 Å². The molecule has 0 aliphatic heterocycles. The molecule has 1 aromatic carbocycles. The van der Waals surface area contributed by atoms with Crippen LogP contribution in [-0.2, 0) is 6.42 Å². The van der Waals surface area contributed by atoms with Gasteiger partial charge in [-0.1, -0.05) is 19.1 Å². The summed E-state index contributed by atoms with van der Waals surface area (Å²) < 4.78 is 7.46. The molecule has 0 saturated carbocycles. The van der Waals surface area contributed by atoms with Crippen molar-refractivity contribution in [2.75, 3.05) is 13.7 Å². The first-order valence-electron chi connectivity index (χ1n) is 6.45. The normalized spacial score (nSPS) is 12.4. The summed E-state index contributed by atoms with van der Waals surface area (Å²) in [5, 5.41) is 3.55. The van der Waals surface area contributed by atoms with Gasteiger partial charge in [0.1, 0.15) is 5.75 Å². The van der Waals surface area contributed by atoms with Gasteiger partial charge in [0.15, 0.2) is 0 Å². The number of methoxy groups -OCH3 is 1. The van der Waals surface area contributed by atoms with Crippen LogP contribution in [0, 0.1) is 0 Å². The van der Waals surface area contributed by atoms with Crippen LogP contribution in [0.25, 0.3) is 0 Å². The molecule has 1 heterocycles. The van der Waals surface area contributed by atoms with Crippen LogP contribution >= 0.6 is 43.2 Å². The van der Waals surface area contributed by atoms with Crippen molar-refractivity contribution in [2.24, 2.45) is 0 Å². The van der Waals surface area contributed by atoms with Crippen molar-refractivity contribution in [3.63, 3.8) is 0 Å². The zero-order valence-electron chi connectivity index (χ0n) is 11.5. The lowest BCUT2D eigenvalue weighted by molar-refractivity contribution is 0.414. The number of likely N-dealkylation sites (N-methyl/N-ethyl adjacent to an activating group) is 1. The number of ether oxygens (including phenoxy) is 1. The van der Waals surface area contributed by atoms with E-state index in [0.717, 1.165) is 27.0 Å². The fourth-order valence-electron chi connectivity index (χ4n) is 2.05. The molecule has 0 radical (unpaired) electrons. The van der Waals surface area contributed by atoms with Gasteiger partial charge in [-0.2, -0.15) is 0 Å². The van der Waals surface area contributed by atoms with E-state index in [9.17, 15) is 0 Å². The average Bonchev–Trinajstić information content (AvgIpc) is 2.79. The number of rotatable bonds is 6. The van der Waals surface area contributed by atoms with E-state index in [1.54, 1.807) is 18.4 Å². The fourth-order valence-corrected chi connectivity index (χ4v) is 4.22. The first-order chi connectivity index (χ1) is 9.63. The van der Waals surface area contributed by atoms with Crippen molar-refractivity contribution in [1.29, 1.82) is 0 Å². The molecule has 0 saturated heterocycles. The van der Waals surface area contributed by atoms with Gasteiger partial charge in [0.25, 0.3) is 0 Å². The van der Waals surface area contributed by atoms with Gasteiger partial charge in [-0.05, 0) is 68.6 Å². The lowest BCUT2D eigenvalue weighted by atomic mass is 10.0. The molecular formula is C15H17Br2NOS. The summed E-state index contributed by atoms with van der Waals surface area (Å²) in [6.07, 6.45) is 0.969. The van der Waals surface area contributed by atoms with Gasteiger partial charge in [-0.15, -0.1) is 11.3 Å². The SMILES string of the molecule is CCNC(Cc1ccc(OC)cc1)c1cc(Br)c(Br)s1. The van der Waals surface area contributed by atoms with Crippen molar-refractivity contribution < 1.29 is 4.74 Å². The molecule has 1 N–H and O–H groups in total. The molecule has 5 heteroatoms. The van der Waals surface area contributed by atoms with E-state index in [2.05, 4.69) is 62.3 Å². The van der Waals surface area contributed by atoms with E-state index in [4.69, 9.17) is 4.74 Å². The first kappa shape index (κ1) is 16.0. The highest BCUT2D eigenvalue weighted by atomic mass is 79.9. The van der Waals surface area contributed by atoms with Gasteiger partial charge in [-0.3, -0.25) is 0 Å². The summed E-state index contributed by atoms with van der Waals surface area (Å²) in [5.74, 6) is 0.898. The smallest absolute Gasteiger partial charge is 0.118 e. The van der Waals surface area contributed by atoms with Crippen molar-refractivity contribution in [3.05, 3.63) is 49.0 Å². The van der Waals surface area contributed by atoms with Gasteiger partial charge < -0.3 is 10.1 Å². The minimum absolute atomic E-state index is 0.334. The lowest BCUT2D eigenvalue weighted by Gasteiger charge is -2.16. The van der Waals surface area contributed by atoms with Crippen LogP contribution in [0.4, 0.5) is 0 Å². The van der Waals surface area contributed by atoms with Crippen LogP contribution in [0.2, 0.25) is 0 Å². The molecule has 2 nitrogen and oxygen atoms in total. The number of hydrogen-bond donors (Lipinski definition) is 1. The maximum absolute atomic E-state index is 5.20. The number of halogens is 2. The Morgan fingerprint density at radius 3 is 2.45 bits per heavy atom. The van der Waals surface area contributed by atoms with Gasteiger partial charge in [0, 0.05) is 15.4 Å². The van der Waals surface area contributed by atoms with Gasteiger partial charge >= 0.3 is 0 Å². The van der Waals surface area contributed by atoms with Gasteiger partial charge in [-0.25, -0.2) is 0 Å². The lowest BCUT2D eigenvalue weighted by Crippen LogP contribution is -2.22. The number of benzene rings is 1. The Morgan fingerprint density at radius 1 is 1.25 bits per heavy atom. The van der Waals surface area contributed by atoms with Crippen LogP contribution in [0.5, 0.6) is 5.75 Å². The molecule has 0 amide bonds. The number of nitrogens with one attached hydrogen (secondary N) is 1. The Labute approximate surface area is 140 Å². The van der Waals surface area contributed by atoms with Crippen molar-refractivity contribution in [3.8, 4) is 5.75 Å². The zero-order valence-corrected chi connectivity index (χ0v) is 15.4. The third-order valence-corrected chi connectivity index (χ3v) is 6.43. The average molecular weight is 419 g/mol. The van der Waals surface area contributed by atoms with Crippen molar-refractivity contribution in [2.45, 2.75) is 19.4 Å². The summed E-state index contributed by atoms with van der Waals surface area (Å²) in [6, 6.07) is 10.8. The maximum Gasteiger partial charge on any atom is 0.118 e. The van der Waals surface area contributed by atoms with Crippen LogP contribution < -0.4 is 10.1 Å². The third kappa shape index (κ3) is 4.07. The molecule has 20 heavy (non-hydrogen) atoms.